The second kappa shape index (κ2) is 8.26. The zero-order chi connectivity index (χ0) is 13.3. The Morgan fingerprint density at radius 3 is 1.83 bits per heavy atom. The first-order valence-corrected chi connectivity index (χ1v) is 8.40. The topological polar surface area (TPSA) is 39.7 Å². The highest BCUT2D eigenvalue weighted by Crippen LogP contribution is 2.13. The van der Waals surface area contributed by atoms with Crippen molar-refractivity contribution in [2.45, 2.75) is 20.8 Å². The maximum absolute atomic E-state index is 5.76. The van der Waals surface area contributed by atoms with Gasteiger partial charge in [-0.25, -0.2) is 0 Å². The molecule has 0 spiro atoms. The third-order valence-corrected chi connectivity index (χ3v) is 5.17. The summed E-state index contributed by atoms with van der Waals surface area (Å²) < 4.78 is 17.3. The van der Waals surface area contributed by atoms with E-state index in [2.05, 4.69) is 5.32 Å². The second-order valence-corrected chi connectivity index (χ2v) is 6.29. The van der Waals surface area contributed by atoms with Gasteiger partial charge in [0, 0.05) is 25.5 Å². The molecule has 18 heavy (non-hydrogen) atoms. The number of anilines is 1. The Kier molecular flexibility index (Phi) is 6.96. The SMILES string of the molecule is CCO[Si](CNc1ccccc1)(OCC)OCC. The summed E-state index contributed by atoms with van der Waals surface area (Å²) in [4.78, 5) is 0. The van der Waals surface area contributed by atoms with Crippen molar-refractivity contribution >= 4 is 14.5 Å². The molecule has 4 nitrogen and oxygen atoms in total. The summed E-state index contributed by atoms with van der Waals surface area (Å²) in [5.41, 5.74) is 1.05. The van der Waals surface area contributed by atoms with Crippen LogP contribution in [-0.2, 0) is 13.3 Å². The first-order valence-electron chi connectivity index (χ1n) is 6.47. The summed E-state index contributed by atoms with van der Waals surface area (Å²) in [6.45, 7) is 7.68. The smallest absolute Gasteiger partial charge is 0.381 e. The van der Waals surface area contributed by atoms with Crippen molar-refractivity contribution in [3.05, 3.63) is 30.3 Å². The molecule has 1 N–H and O–H groups in total. The van der Waals surface area contributed by atoms with Crippen molar-refractivity contribution in [2.75, 3.05) is 31.3 Å². The van der Waals surface area contributed by atoms with E-state index in [9.17, 15) is 0 Å². The minimum Gasteiger partial charge on any atom is -0.381 e. The van der Waals surface area contributed by atoms with Gasteiger partial charge in [-0.3, -0.25) is 0 Å². The Morgan fingerprint density at radius 1 is 0.889 bits per heavy atom. The highest BCUT2D eigenvalue weighted by Gasteiger charge is 2.40. The molecule has 0 aliphatic heterocycles. The van der Waals surface area contributed by atoms with E-state index in [-0.39, 0.29) is 0 Å². The number of benzene rings is 1. The third-order valence-electron chi connectivity index (χ3n) is 2.38. The van der Waals surface area contributed by atoms with Crippen LogP contribution in [0.15, 0.2) is 30.3 Å². The van der Waals surface area contributed by atoms with Gasteiger partial charge >= 0.3 is 8.80 Å². The normalized spacial score (nSPS) is 11.5. The number of nitrogens with one attached hydrogen (secondary N) is 1. The van der Waals surface area contributed by atoms with Crippen LogP contribution in [0, 0.1) is 0 Å². The van der Waals surface area contributed by atoms with Crippen molar-refractivity contribution in [3.63, 3.8) is 0 Å². The standard InChI is InChI=1S/C13H23NO3Si/c1-4-15-18(16-5-2,17-6-3)12-14-13-10-8-7-9-11-13/h7-11,14H,4-6,12H2,1-3H3. The van der Waals surface area contributed by atoms with Gasteiger partial charge in [0.1, 0.15) is 0 Å². The molecule has 0 heterocycles. The van der Waals surface area contributed by atoms with Gasteiger partial charge in [-0.15, -0.1) is 0 Å². The fourth-order valence-electron chi connectivity index (χ4n) is 1.70. The van der Waals surface area contributed by atoms with Crippen molar-refractivity contribution in [1.82, 2.24) is 0 Å². The molecule has 0 atom stereocenters. The van der Waals surface area contributed by atoms with Crippen LogP contribution in [0.3, 0.4) is 0 Å². The van der Waals surface area contributed by atoms with E-state index in [1.54, 1.807) is 0 Å². The van der Waals surface area contributed by atoms with E-state index in [4.69, 9.17) is 13.3 Å². The quantitative estimate of drug-likeness (QED) is 0.700. The fraction of sp³-hybridized carbons (Fsp3) is 0.538. The highest BCUT2D eigenvalue weighted by molar-refractivity contribution is 6.61. The van der Waals surface area contributed by atoms with E-state index < -0.39 is 8.80 Å². The van der Waals surface area contributed by atoms with Gasteiger partial charge in [-0.1, -0.05) is 18.2 Å². The molecule has 0 aromatic heterocycles. The molecular formula is C13H23NO3Si. The van der Waals surface area contributed by atoms with Crippen LogP contribution in [0.25, 0.3) is 0 Å². The van der Waals surface area contributed by atoms with Gasteiger partial charge < -0.3 is 18.6 Å². The first kappa shape index (κ1) is 15.2. The zero-order valence-electron chi connectivity index (χ0n) is 11.4. The summed E-state index contributed by atoms with van der Waals surface area (Å²) in [5, 5.41) is 3.33. The Bertz CT molecular complexity index is 304. The number of hydrogen-bond acceptors (Lipinski definition) is 4. The molecule has 0 saturated heterocycles. The van der Waals surface area contributed by atoms with E-state index >= 15 is 0 Å². The lowest BCUT2D eigenvalue weighted by Crippen LogP contribution is -2.52. The number of hydrogen-bond donors (Lipinski definition) is 1. The molecule has 5 heteroatoms. The monoisotopic (exact) mass is 269 g/mol. The van der Waals surface area contributed by atoms with Gasteiger partial charge in [-0.2, -0.15) is 0 Å². The lowest BCUT2D eigenvalue weighted by Gasteiger charge is -2.28. The van der Waals surface area contributed by atoms with Crippen LogP contribution in [0.5, 0.6) is 0 Å². The summed E-state index contributed by atoms with van der Waals surface area (Å²) in [7, 11) is -2.59. The van der Waals surface area contributed by atoms with Gasteiger partial charge in [0.05, 0.1) is 6.17 Å². The van der Waals surface area contributed by atoms with Crippen LogP contribution in [-0.4, -0.2) is 34.8 Å². The summed E-state index contributed by atoms with van der Waals surface area (Å²) in [6.07, 6.45) is 0.590. The van der Waals surface area contributed by atoms with Gasteiger partial charge in [0.25, 0.3) is 0 Å². The van der Waals surface area contributed by atoms with E-state index in [1.807, 2.05) is 51.1 Å². The van der Waals surface area contributed by atoms with Crippen molar-refractivity contribution in [3.8, 4) is 0 Å². The largest absolute Gasteiger partial charge is 0.521 e. The minimum absolute atomic E-state index is 0.590. The lowest BCUT2D eigenvalue weighted by atomic mass is 10.3. The molecule has 0 aliphatic rings. The van der Waals surface area contributed by atoms with Crippen molar-refractivity contribution in [2.24, 2.45) is 0 Å². The fourth-order valence-corrected chi connectivity index (χ4v) is 4.00. The average molecular weight is 269 g/mol. The highest BCUT2D eigenvalue weighted by atomic mass is 28.4. The number of para-hydroxylation sites is 1. The predicted octanol–water partition coefficient (Wildman–Crippen LogP) is 2.69. The molecule has 0 aliphatic carbocycles. The molecule has 0 unspecified atom stereocenters. The van der Waals surface area contributed by atoms with Gasteiger partial charge in [0.2, 0.25) is 0 Å². The molecular weight excluding hydrogens is 246 g/mol. The summed E-state index contributed by atoms with van der Waals surface area (Å²) in [6, 6.07) is 10.0. The van der Waals surface area contributed by atoms with Crippen LogP contribution >= 0.6 is 0 Å². The Labute approximate surface area is 111 Å². The predicted molar refractivity (Wildman–Crippen MR) is 75.6 cm³/mol. The molecule has 0 radical (unpaired) electrons. The average Bonchev–Trinajstić information content (AvgIpc) is 2.39. The zero-order valence-corrected chi connectivity index (χ0v) is 12.4. The molecule has 1 aromatic carbocycles. The Hall–Kier alpha value is -0.883. The third kappa shape index (κ3) is 4.78. The Balaban J connectivity index is 2.64. The summed E-state index contributed by atoms with van der Waals surface area (Å²) in [5.74, 6) is 0. The molecule has 0 bridgehead atoms. The first-order chi connectivity index (χ1) is 8.76. The van der Waals surface area contributed by atoms with E-state index in [0.29, 0.717) is 26.0 Å². The van der Waals surface area contributed by atoms with Crippen molar-refractivity contribution in [1.29, 1.82) is 0 Å². The number of rotatable bonds is 9. The molecule has 0 amide bonds. The van der Waals surface area contributed by atoms with E-state index in [1.165, 1.54) is 0 Å². The van der Waals surface area contributed by atoms with Crippen LogP contribution in [0.1, 0.15) is 20.8 Å². The van der Waals surface area contributed by atoms with E-state index in [0.717, 1.165) is 5.69 Å². The van der Waals surface area contributed by atoms with Crippen LogP contribution in [0.4, 0.5) is 5.69 Å². The molecule has 0 fully saturated rings. The van der Waals surface area contributed by atoms with Crippen molar-refractivity contribution < 1.29 is 13.3 Å². The maximum Gasteiger partial charge on any atom is 0.521 e. The summed E-state index contributed by atoms with van der Waals surface area (Å²) >= 11 is 0. The maximum atomic E-state index is 5.76. The van der Waals surface area contributed by atoms with Gasteiger partial charge in [0.15, 0.2) is 0 Å². The molecule has 0 saturated carbocycles. The molecule has 1 rings (SSSR count). The second-order valence-electron chi connectivity index (χ2n) is 3.70. The Morgan fingerprint density at radius 2 is 1.39 bits per heavy atom. The minimum atomic E-state index is -2.59. The molecule has 1 aromatic rings. The van der Waals surface area contributed by atoms with Crippen LogP contribution < -0.4 is 5.32 Å². The lowest BCUT2D eigenvalue weighted by molar-refractivity contribution is 0.0740. The van der Waals surface area contributed by atoms with Crippen LogP contribution in [0.2, 0.25) is 0 Å². The molecule has 102 valence electrons. The van der Waals surface area contributed by atoms with Gasteiger partial charge in [-0.05, 0) is 32.9 Å².